The molecule has 1 unspecified atom stereocenters. The second-order valence-electron chi connectivity index (χ2n) is 7.93. The molecule has 1 atom stereocenters. The van der Waals surface area contributed by atoms with E-state index in [2.05, 4.69) is 9.72 Å². The van der Waals surface area contributed by atoms with Crippen molar-refractivity contribution in [1.82, 2.24) is 4.98 Å². The molecule has 0 spiro atoms. The van der Waals surface area contributed by atoms with Crippen molar-refractivity contribution >= 4 is 40.5 Å². The topological polar surface area (TPSA) is 57.7 Å². The lowest BCUT2D eigenvalue weighted by Crippen LogP contribution is -2.15. The number of hydrogen-bond donors (Lipinski definition) is 0. The zero-order valence-electron chi connectivity index (χ0n) is 18.1. The second kappa shape index (κ2) is 10.9. The highest BCUT2D eigenvalue weighted by atomic mass is 35.5. The minimum absolute atomic E-state index is 0.0849. The van der Waals surface area contributed by atoms with E-state index < -0.39 is 18.7 Å². The number of rotatable bonds is 10. The Morgan fingerprint density at radius 3 is 2.50 bits per heavy atom. The third kappa shape index (κ3) is 6.37. The summed E-state index contributed by atoms with van der Waals surface area (Å²) in [5, 5.41) is 0.645. The van der Waals surface area contributed by atoms with Gasteiger partial charge in [-0.3, -0.25) is 4.98 Å². The number of carbonyl (C=O) groups excluding carboxylic acids is 1. The monoisotopic (exact) mass is 527 g/mol. The number of carbonyl (C=O) groups is 1. The summed E-state index contributed by atoms with van der Waals surface area (Å²) in [4.78, 5) is 18.2. The maximum atomic E-state index is 12.9. The van der Waals surface area contributed by atoms with Gasteiger partial charge in [0.15, 0.2) is 11.5 Å². The minimum Gasteiger partial charge on any atom is -0.489 e. The van der Waals surface area contributed by atoms with Crippen LogP contribution in [-0.2, 0) is 11.2 Å². The number of aryl methyl sites for hydroxylation is 1. The zero-order valence-corrected chi connectivity index (χ0v) is 20.4. The van der Waals surface area contributed by atoms with Crippen molar-refractivity contribution in [2.45, 2.75) is 38.9 Å². The van der Waals surface area contributed by atoms with Gasteiger partial charge in [-0.15, -0.1) is 11.3 Å². The molecule has 180 valence electrons. The van der Waals surface area contributed by atoms with Gasteiger partial charge < -0.3 is 14.2 Å². The molecule has 1 aliphatic rings. The molecule has 1 fully saturated rings. The summed E-state index contributed by atoms with van der Waals surface area (Å²) in [5.41, 5.74) is 1.07. The predicted molar refractivity (Wildman–Crippen MR) is 126 cm³/mol. The number of halogens is 4. The number of ether oxygens (including phenoxy) is 3. The number of nitrogens with zero attached hydrogens (tertiary/aromatic N) is 1. The van der Waals surface area contributed by atoms with Crippen LogP contribution in [0.4, 0.5) is 8.78 Å². The highest BCUT2D eigenvalue weighted by Crippen LogP contribution is 2.38. The molecule has 0 saturated heterocycles. The molecular weight excluding hydrogens is 507 g/mol. The van der Waals surface area contributed by atoms with Gasteiger partial charge >= 0.3 is 12.6 Å². The Kier molecular flexibility index (Phi) is 7.91. The first-order valence-corrected chi connectivity index (χ1v) is 12.1. The summed E-state index contributed by atoms with van der Waals surface area (Å²) in [6.45, 7) is -0.718. The maximum Gasteiger partial charge on any atom is 0.387 e. The molecule has 3 aromatic rings. The van der Waals surface area contributed by atoms with Crippen LogP contribution >= 0.6 is 34.5 Å². The van der Waals surface area contributed by atoms with E-state index >= 15 is 0 Å². The molecule has 1 saturated carbocycles. The third-order valence-corrected chi connectivity index (χ3v) is 6.89. The van der Waals surface area contributed by atoms with E-state index in [1.54, 1.807) is 18.2 Å². The van der Waals surface area contributed by atoms with Gasteiger partial charge in [0.1, 0.15) is 11.0 Å². The van der Waals surface area contributed by atoms with Gasteiger partial charge in [-0.2, -0.15) is 8.78 Å². The molecule has 1 aliphatic carbocycles. The fourth-order valence-electron chi connectivity index (χ4n) is 3.30. The highest BCUT2D eigenvalue weighted by molar-refractivity contribution is 7.13. The number of benzene rings is 1. The van der Waals surface area contributed by atoms with Crippen LogP contribution in [0.15, 0.2) is 42.7 Å². The summed E-state index contributed by atoms with van der Waals surface area (Å²) in [7, 11) is 0. The molecule has 2 heterocycles. The highest BCUT2D eigenvalue weighted by Gasteiger charge is 2.26. The van der Waals surface area contributed by atoms with Gasteiger partial charge in [0.05, 0.1) is 16.7 Å². The van der Waals surface area contributed by atoms with E-state index in [1.165, 1.54) is 29.8 Å². The van der Waals surface area contributed by atoms with E-state index in [4.69, 9.17) is 32.7 Å². The number of aromatic nitrogens is 1. The van der Waals surface area contributed by atoms with Crippen molar-refractivity contribution in [3.63, 3.8) is 0 Å². The van der Waals surface area contributed by atoms with Crippen LogP contribution in [-0.4, -0.2) is 24.2 Å². The Hall–Kier alpha value is -2.42. The van der Waals surface area contributed by atoms with E-state index in [1.807, 2.05) is 13.0 Å². The van der Waals surface area contributed by atoms with Gasteiger partial charge in [0, 0.05) is 23.7 Å². The SMILES string of the molecule is Cc1ccc(C(=O)OC(Cc2c(Cl)cncc2Cl)c2ccc(OC(F)F)c(OCC3CC3)c2)s1. The quantitative estimate of drug-likeness (QED) is 0.259. The molecule has 0 aliphatic heterocycles. The summed E-state index contributed by atoms with van der Waals surface area (Å²) in [6, 6.07) is 8.02. The van der Waals surface area contributed by atoms with Crippen molar-refractivity contribution in [2.24, 2.45) is 5.92 Å². The molecule has 0 bridgehead atoms. The molecule has 5 nitrogen and oxygen atoms in total. The molecule has 0 radical (unpaired) electrons. The zero-order chi connectivity index (χ0) is 24.2. The maximum absolute atomic E-state index is 12.9. The molecule has 4 rings (SSSR count). The molecule has 0 amide bonds. The Morgan fingerprint density at radius 1 is 1.15 bits per heavy atom. The van der Waals surface area contributed by atoms with E-state index in [9.17, 15) is 13.6 Å². The number of thiophene rings is 1. The lowest BCUT2D eigenvalue weighted by Gasteiger charge is -2.21. The van der Waals surface area contributed by atoms with Crippen LogP contribution in [0.3, 0.4) is 0 Å². The molecular formula is C24H21Cl2F2NO4S. The fourth-order valence-corrected chi connectivity index (χ4v) is 4.57. The van der Waals surface area contributed by atoms with Gasteiger partial charge in [0.25, 0.3) is 0 Å². The Balaban J connectivity index is 1.67. The average molecular weight is 528 g/mol. The van der Waals surface area contributed by atoms with Gasteiger partial charge in [-0.25, -0.2) is 4.79 Å². The predicted octanol–water partition coefficient (Wildman–Crippen LogP) is 7.29. The number of alkyl halides is 2. The fraction of sp³-hybridized carbons (Fsp3) is 0.333. The first kappa shape index (κ1) is 24.7. The average Bonchev–Trinajstić information content (AvgIpc) is 3.52. The van der Waals surface area contributed by atoms with Crippen LogP contribution < -0.4 is 9.47 Å². The van der Waals surface area contributed by atoms with Crippen LogP contribution in [0.25, 0.3) is 0 Å². The van der Waals surface area contributed by atoms with Crippen LogP contribution in [0, 0.1) is 12.8 Å². The Morgan fingerprint density at radius 2 is 1.88 bits per heavy atom. The van der Waals surface area contributed by atoms with E-state index in [0.717, 1.165) is 17.7 Å². The van der Waals surface area contributed by atoms with Crippen LogP contribution in [0.2, 0.25) is 10.0 Å². The molecule has 0 N–H and O–H groups in total. The Labute approximate surface area is 209 Å². The molecule has 1 aromatic carbocycles. The molecule has 10 heteroatoms. The molecule has 2 aromatic heterocycles. The van der Waals surface area contributed by atoms with Crippen LogP contribution in [0.1, 0.15) is 44.6 Å². The normalized spacial score (nSPS) is 14.2. The van der Waals surface area contributed by atoms with Crippen molar-refractivity contribution in [2.75, 3.05) is 6.61 Å². The minimum atomic E-state index is -3.00. The van der Waals surface area contributed by atoms with Crippen molar-refractivity contribution in [3.05, 3.63) is 73.7 Å². The number of esters is 1. The van der Waals surface area contributed by atoms with Crippen molar-refractivity contribution in [3.8, 4) is 11.5 Å². The van der Waals surface area contributed by atoms with Gasteiger partial charge in [0.2, 0.25) is 0 Å². The first-order valence-electron chi connectivity index (χ1n) is 10.6. The summed E-state index contributed by atoms with van der Waals surface area (Å²) in [5.74, 6) is -0.0473. The van der Waals surface area contributed by atoms with Crippen LogP contribution in [0.5, 0.6) is 11.5 Å². The van der Waals surface area contributed by atoms with Crippen molar-refractivity contribution in [1.29, 1.82) is 0 Å². The Bertz CT molecular complexity index is 1150. The summed E-state index contributed by atoms with van der Waals surface area (Å²) >= 11 is 13.9. The van der Waals surface area contributed by atoms with E-state index in [0.29, 0.717) is 38.6 Å². The summed E-state index contributed by atoms with van der Waals surface area (Å²) < 4.78 is 42.1. The summed E-state index contributed by atoms with van der Waals surface area (Å²) in [6.07, 6.45) is 4.29. The number of hydrogen-bond acceptors (Lipinski definition) is 6. The van der Waals surface area contributed by atoms with Gasteiger partial charge in [-0.1, -0.05) is 29.3 Å². The number of pyridine rings is 1. The lowest BCUT2D eigenvalue weighted by molar-refractivity contribution is -0.0515. The second-order valence-corrected chi connectivity index (χ2v) is 10.0. The first-order chi connectivity index (χ1) is 16.3. The standard InChI is InChI=1S/C24H21Cl2F2NO4S/c1-13-2-7-22(34-13)23(30)32-20(9-16-17(25)10-29-11-18(16)26)15-5-6-19(33-24(27)28)21(8-15)31-12-14-3-4-14/h2,5-8,10-11,14,20,24H,3-4,9,12H2,1H3. The smallest absolute Gasteiger partial charge is 0.387 e. The van der Waals surface area contributed by atoms with E-state index in [-0.39, 0.29) is 17.9 Å². The lowest BCUT2D eigenvalue weighted by atomic mass is 10.0. The van der Waals surface area contributed by atoms with Crippen molar-refractivity contribution < 1.29 is 27.8 Å². The van der Waals surface area contributed by atoms with Gasteiger partial charge in [-0.05, 0) is 61.1 Å². The molecule has 34 heavy (non-hydrogen) atoms. The largest absolute Gasteiger partial charge is 0.489 e. The third-order valence-electron chi connectivity index (χ3n) is 5.26.